The summed E-state index contributed by atoms with van der Waals surface area (Å²) in [6.07, 6.45) is 1.59. The van der Waals surface area contributed by atoms with Crippen molar-refractivity contribution in [2.75, 3.05) is 19.8 Å². The second-order valence-electron chi connectivity index (χ2n) is 6.72. The van der Waals surface area contributed by atoms with Gasteiger partial charge in [0, 0.05) is 0 Å². The van der Waals surface area contributed by atoms with E-state index in [0.29, 0.717) is 27.2 Å². The summed E-state index contributed by atoms with van der Waals surface area (Å²) in [4.78, 5) is 37.9. The third-order valence-electron chi connectivity index (χ3n) is 4.43. The van der Waals surface area contributed by atoms with E-state index in [-0.39, 0.29) is 25.5 Å². The van der Waals surface area contributed by atoms with Crippen molar-refractivity contribution in [3.8, 4) is 11.5 Å². The van der Waals surface area contributed by atoms with E-state index in [1.54, 1.807) is 25.1 Å². The number of hydrogen-bond donors (Lipinski definition) is 1. The summed E-state index contributed by atoms with van der Waals surface area (Å²) in [5.41, 5.74) is 1.67. The zero-order valence-corrected chi connectivity index (χ0v) is 19.9. The number of hydrogen-bond acceptors (Lipinski definition) is 6. The summed E-state index contributed by atoms with van der Waals surface area (Å²) in [6, 6.07) is 12.3. The van der Waals surface area contributed by atoms with E-state index in [2.05, 4.69) is 27.9 Å². The summed E-state index contributed by atoms with van der Waals surface area (Å²) in [7, 11) is 0. The van der Waals surface area contributed by atoms with Crippen LogP contribution in [-0.2, 0) is 20.9 Å². The molecule has 0 bridgehead atoms. The largest absolute Gasteiger partial charge is 0.490 e. The van der Waals surface area contributed by atoms with Crippen molar-refractivity contribution in [1.29, 1.82) is 0 Å². The van der Waals surface area contributed by atoms with Crippen molar-refractivity contribution in [2.45, 2.75) is 20.4 Å². The molecule has 1 heterocycles. The van der Waals surface area contributed by atoms with Crippen molar-refractivity contribution < 1.29 is 28.6 Å². The SMILES string of the molecule is CCOC(=O)COc1c(I)cc(/C=C2/NC(=O)N(Cc3ccccc3)C2=O)cc1OCC. The molecule has 0 saturated carbocycles. The molecule has 0 aliphatic carbocycles. The number of rotatable bonds is 9. The Balaban J connectivity index is 1.82. The molecule has 8 nitrogen and oxygen atoms in total. The van der Waals surface area contributed by atoms with E-state index in [4.69, 9.17) is 14.2 Å². The highest BCUT2D eigenvalue weighted by Crippen LogP contribution is 2.35. The maximum Gasteiger partial charge on any atom is 0.344 e. The molecule has 2 aromatic rings. The fourth-order valence-corrected chi connectivity index (χ4v) is 3.84. The quantitative estimate of drug-likeness (QED) is 0.222. The van der Waals surface area contributed by atoms with E-state index >= 15 is 0 Å². The standard InChI is InChI=1S/C23H23IN2O6/c1-3-30-19-12-16(10-17(24)21(19)32-14-20(27)31-4-2)11-18-22(28)26(23(29)25-18)13-15-8-6-5-7-9-15/h5-12H,3-4,13-14H2,1-2H3,(H,25,29)/b18-11+. The van der Waals surface area contributed by atoms with Crippen LogP contribution in [0.4, 0.5) is 4.79 Å². The van der Waals surface area contributed by atoms with Crippen LogP contribution in [-0.4, -0.2) is 42.6 Å². The minimum Gasteiger partial charge on any atom is -0.490 e. The summed E-state index contributed by atoms with van der Waals surface area (Å²) >= 11 is 2.07. The average molecular weight is 550 g/mol. The summed E-state index contributed by atoms with van der Waals surface area (Å²) in [5, 5.41) is 2.62. The first-order chi connectivity index (χ1) is 15.4. The Labute approximate surface area is 199 Å². The number of carbonyl (C=O) groups is 3. The van der Waals surface area contributed by atoms with Crippen LogP contribution in [0.15, 0.2) is 48.2 Å². The molecule has 1 aliphatic rings. The van der Waals surface area contributed by atoms with Gasteiger partial charge in [0.1, 0.15) is 5.70 Å². The first kappa shape index (κ1) is 23.6. The minimum absolute atomic E-state index is 0.171. The fraction of sp³-hybridized carbons (Fsp3) is 0.261. The molecular weight excluding hydrogens is 527 g/mol. The molecule has 0 radical (unpaired) electrons. The van der Waals surface area contributed by atoms with Crippen LogP contribution in [0, 0.1) is 3.57 Å². The molecule has 0 aromatic heterocycles. The van der Waals surface area contributed by atoms with E-state index in [1.165, 1.54) is 0 Å². The van der Waals surface area contributed by atoms with Crippen LogP contribution in [0.2, 0.25) is 0 Å². The van der Waals surface area contributed by atoms with Crippen LogP contribution in [0.25, 0.3) is 6.08 Å². The van der Waals surface area contributed by atoms with Gasteiger partial charge in [0.2, 0.25) is 0 Å². The number of ether oxygens (including phenoxy) is 3. The monoisotopic (exact) mass is 550 g/mol. The molecule has 1 fully saturated rings. The van der Waals surface area contributed by atoms with Crippen LogP contribution in [0.5, 0.6) is 11.5 Å². The normalized spacial score (nSPS) is 14.5. The second kappa shape index (κ2) is 11.0. The Bertz CT molecular complexity index is 1040. The van der Waals surface area contributed by atoms with Gasteiger partial charge in [-0.15, -0.1) is 0 Å². The van der Waals surface area contributed by atoms with E-state index in [0.717, 1.165) is 10.5 Å². The number of imide groups is 1. The number of halogens is 1. The number of amides is 3. The van der Waals surface area contributed by atoms with Gasteiger partial charge in [0.05, 0.1) is 23.3 Å². The van der Waals surface area contributed by atoms with Gasteiger partial charge in [-0.3, -0.25) is 9.69 Å². The highest BCUT2D eigenvalue weighted by atomic mass is 127. The maximum atomic E-state index is 12.8. The van der Waals surface area contributed by atoms with Crippen LogP contribution < -0.4 is 14.8 Å². The van der Waals surface area contributed by atoms with Crippen LogP contribution >= 0.6 is 22.6 Å². The molecule has 0 unspecified atom stereocenters. The topological polar surface area (TPSA) is 94.2 Å². The van der Waals surface area contributed by atoms with Gasteiger partial charge in [-0.05, 0) is 65.8 Å². The molecule has 3 amide bonds. The van der Waals surface area contributed by atoms with Crippen molar-refractivity contribution in [3.05, 3.63) is 62.9 Å². The predicted octanol–water partition coefficient (Wildman–Crippen LogP) is 3.72. The Morgan fingerprint density at radius 1 is 1.09 bits per heavy atom. The zero-order chi connectivity index (χ0) is 23.1. The average Bonchev–Trinajstić information content (AvgIpc) is 3.01. The van der Waals surface area contributed by atoms with Crippen LogP contribution in [0.1, 0.15) is 25.0 Å². The number of benzene rings is 2. The zero-order valence-electron chi connectivity index (χ0n) is 17.7. The molecule has 2 aromatic carbocycles. The van der Waals surface area contributed by atoms with E-state index in [9.17, 15) is 14.4 Å². The minimum atomic E-state index is -0.477. The number of nitrogens with one attached hydrogen (secondary N) is 1. The lowest BCUT2D eigenvalue weighted by Crippen LogP contribution is -2.30. The highest BCUT2D eigenvalue weighted by molar-refractivity contribution is 14.1. The molecule has 1 saturated heterocycles. The third-order valence-corrected chi connectivity index (χ3v) is 5.23. The summed E-state index contributed by atoms with van der Waals surface area (Å²) < 4.78 is 16.9. The molecule has 0 atom stereocenters. The van der Waals surface area contributed by atoms with Crippen LogP contribution in [0.3, 0.4) is 0 Å². The van der Waals surface area contributed by atoms with Gasteiger partial charge in [-0.2, -0.15) is 0 Å². The molecule has 1 N–H and O–H groups in total. The molecule has 9 heteroatoms. The van der Waals surface area contributed by atoms with Gasteiger partial charge in [-0.25, -0.2) is 9.59 Å². The molecule has 168 valence electrons. The highest BCUT2D eigenvalue weighted by Gasteiger charge is 2.33. The van der Waals surface area contributed by atoms with Gasteiger partial charge < -0.3 is 19.5 Å². The number of urea groups is 1. The third kappa shape index (κ3) is 5.78. The molecule has 0 spiro atoms. The Morgan fingerprint density at radius 3 is 2.53 bits per heavy atom. The Morgan fingerprint density at radius 2 is 1.84 bits per heavy atom. The summed E-state index contributed by atoms with van der Waals surface area (Å²) in [6.45, 7) is 4.14. The van der Waals surface area contributed by atoms with Crippen molar-refractivity contribution in [2.24, 2.45) is 0 Å². The van der Waals surface area contributed by atoms with E-state index < -0.39 is 17.9 Å². The van der Waals surface area contributed by atoms with Crippen molar-refractivity contribution in [3.63, 3.8) is 0 Å². The van der Waals surface area contributed by atoms with Gasteiger partial charge >= 0.3 is 12.0 Å². The molecule has 3 rings (SSSR count). The molecular formula is C23H23IN2O6. The molecule has 1 aliphatic heterocycles. The first-order valence-corrected chi connectivity index (χ1v) is 11.1. The lowest BCUT2D eigenvalue weighted by atomic mass is 10.1. The Kier molecular flexibility index (Phi) is 8.09. The van der Waals surface area contributed by atoms with E-state index in [1.807, 2.05) is 37.3 Å². The lowest BCUT2D eigenvalue weighted by Gasteiger charge is -2.14. The first-order valence-electron chi connectivity index (χ1n) is 10.1. The van der Waals surface area contributed by atoms with Crippen molar-refractivity contribution in [1.82, 2.24) is 10.2 Å². The second-order valence-corrected chi connectivity index (χ2v) is 7.88. The summed E-state index contributed by atoms with van der Waals surface area (Å²) in [5.74, 6) is -0.0484. The Hall–Kier alpha value is -3.08. The van der Waals surface area contributed by atoms with Gasteiger partial charge in [0.25, 0.3) is 5.91 Å². The van der Waals surface area contributed by atoms with Crippen molar-refractivity contribution >= 4 is 46.6 Å². The molecule has 32 heavy (non-hydrogen) atoms. The smallest absolute Gasteiger partial charge is 0.344 e. The fourth-order valence-electron chi connectivity index (χ4n) is 3.06. The number of carbonyl (C=O) groups excluding carboxylic acids is 3. The predicted molar refractivity (Wildman–Crippen MR) is 126 cm³/mol. The number of esters is 1. The lowest BCUT2D eigenvalue weighted by molar-refractivity contribution is -0.145. The van der Waals surface area contributed by atoms with Gasteiger partial charge in [-0.1, -0.05) is 30.3 Å². The number of nitrogens with zero attached hydrogens (tertiary/aromatic N) is 1. The van der Waals surface area contributed by atoms with Gasteiger partial charge in [0.15, 0.2) is 18.1 Å². The maximum absolute atomic E-state index is 12.8.